The van der Waals surface area contributed by atoms with Crippen molar-refractivity contribution in [2.24, 2.45) is 0 Å². The fourth-order valence-electron chi connectivity index (χ4n) is 6.86. The smallest absolute Gasteiger partial charge is 0.407 e. The lowest BCUT2D eigenvalue weighted by Gasteiger charge is -2.40. The summed E-state index contributed by atoms with van der Waals surface area (Å²) in [4.78, 5) is 25.8. The zero-order valence-electron chi connectivity index (χ0n) is 37.1. The Balaban J connectivity index is 1.14. The van der Waals surface area contributed by atoms with Gasteiger partial charge >= 0.3 is 16.5 Å². The van der Waals surface area contributed by atoms with E-state index in [0.717, 1.165) is 11.1 Å². The van der Waals surface area contributed by atoms with Crippen LogP contribution in [0.4, 0.5) is 19.0 Å². The topological polar surface area (TPSA) is 218 Å². The van der Waals surface area contributed by atoms with Gasteiger partial charge in [0.15, 0.2) is 32.1 Å². The van der Waals surface area contributed by atoms with Crippen LogP contribution in [0, 0.1) is 0 Å². The average Bonchev–Trinajstić information content (AvgIpc) is 3.83. The molecule has 358 valence electrons. The third-order valence-electron chi connectivity index (χ3n) is 11.3. The minimum absolute atomic E-state index is 0.00880. The summed E-state index contributed by atoms with van der Waals surface area (Å²) in [6, 6.07) is 23.5. The molecule has 3 aromatic carbocycles. The number of fused-ring (bicyclic) bond motifs is 1. The minimum Gasteiger partial charge on any atom is -0.407 e. The van der Waals surface area contributed by atoms with Crippen LogP contribution in [-0.4, -0.2) is 91.9 Å². The van der Waals surface area contributed by atoms with E-state index < -0.39 is 94.1 Å². The number of aliphatic hydroxyl groups is 1. The zero-order valence-corrected chi connectivity index (χ0v) is 38.9. The van der Waals surface area contributed by atoms with Gasteiger partial charge in [0, 0.05) is 6.42 Å². The highest BCUT2D eigenvalue weighted by Gasteiger charge is 2.51. The molecule has 3 heterocycles. The second kappa shape index (κ2) is 21.8. The van der Waals surface area contributed by atoms with Gasteiger partial charge in [-0.2, -0.15) is 21.6 Å². The summed E-state index contributed by atoms with van der Waals surface area (Å²) in [6.45, 7) is 8.28. The highest BCUT2D eigenvalue weighted by molar-refractivity contribution is 7.85. The van der Waals surface area contributed by atoms with Crippen molar-refractivity contribution in [3.63, 3.8) is 0 Å². The van der Waals surface area contributed by atoms with Gasteiger partial charge in [0.1, 0.15) is 43.7 Å². The number of halogens is 3. The van der Waals surface area contributed by atoms with Gasteiger partial charge < -0.3 is 39.0 Å². The quantitative estimate of drug-likeness (QED) is 0.0364. The molecule has 17 nitrogen and oxygen atoms in total. The van der Waals surface area contributed by atoms with Crippen molar-refractivity contribution in [2.45, 2.75) is 108 Å². The number of imidazole rings is 1. The van der Waals surface area contributed by atoms with E-state index in [-0.39, 0.29) is 52.8 Å². The number of benzene rings is 3. The molecule has 6 atom stereocenters. The number of hydrogen-bond acceptors (Lipinski definition) is 15. The third kappa shape index (κ3) is 13.2. The lowest BCUT2D eigenvalue weighted by atomic mass is 9.95. The first-order valence-corrected chi connectivity index (χ1v) is 25.3. The number of nitrogen functional groups attached to an aromatic ring is 1. The molecule has 1 saturated heterocycles. The molecule has 0 aliphatic carbocycles. The van der Waals surface area contributed by atoms with Crippen molar-refractivity contribution in [3.05, 3.63) is 120 Å². The van der Waals surface area contributed by atoms with Gasteiger partial charge in [0.25, 0.3) is 0 Å². The maximum Gasteiger partial charge on any atom is 0.418 e. The van der Waals surface area contributed by atoms with Crippen LogP contribution in [0.25, 0.3) is 11.2 Å². The SMILES string of the molecule is CC(C)(C)[Si](C)(C)O[C@@H]1[C@H](O)[C@@H](COS(=O)(=O)NC(=O)CCC(OCOCc2ccccc2)c2ccccc2C(OCOCc2ccccc2)C(F)(F)F)O[C@H]1n1cnc2c(N)ncnc21. The van der Waals surface area contributed by atoms with Crippen molar-refractivity contribution in [2.75, 3.05) is 25.9 Å². The summed E-state index contributed by atoms with van der Waals surface area (Å²) in [5, 5.41) is 11.3. The summed E-state index contributed by atoms with van der Waals surface area (Å²) in [7, 11) is -7.44. The van der Waals surface area contributed by atoms with Crippen LogP contribution in [0.15, 0.2) is 97.6 Å². The predicted molar refractivity (Wildman–Crippen MR) is 236 cm³/mol. The number of aliphatic hydroxyl groups excluding tert-OH is 1. The highest BCUT2D eigenvalue weighted by Crippen LogP contribution is 2.43. The summed E-state index contributed by atoms with van der Waals surface area (Å²) in [5.74, 6) is -0.949. The molecule has 1 amide bonds. The fraction of sp³-hybridized carbons (Fsp3) is 0.455. The number of rotatable bonds is 22. The van der Waals surface area contributed by atoms with Gasteiger partial charge in [-0.3, -0.25) is 13.5 Å². The van der Waals surface area contributed by atoms with E-state index in [4.69, 9.17) is 38.0 Å². The second-order valence-electron chi connectivity index (χ2n) is 17.1. The largest absolute Gasteiger partial charge is 0.418 e. The van der Waals surface area contributed by atoms with E-state index in [1.807, 2.05) is 68.9 Å². The molecule has 4 N–H and O–H groups in total. The fourth-order valence-corrected chi connectivity index (χ4v) is 8.91. The Bertz CT molecular complexity index is 2470. The van der Waals surface area contributed by atoms with Crippen molar-refractivity contribution in [1.29, 1.82) is 0 Å². The van der Waals surface area contributed by atoms with Crippen LogP contribution in [0.1, 0.15) is 74.3 Å². The number of hydrogen-bond donors (Lipinski definition) is 3. The Labute approximate surface area is 382 Å². The van der Waals surface area contributed by atoms with E-state index in [1.54, 1.807) is 30.3 Å². The van der Waals surface area contributed by atoms with Crippen LogP contribution in [0.3, 0.4) is 0 Å². The molecular weight excluding hydrogens is 906 g/mol. The highest BCUT2D eigenvalue weighted by atomic mass is 32.2. The van der Waals surface area contributed by atoms with E-state index in [0.29, 0.717) is 0 Å². The molecule has 1 fully saturated rings. The van der Waals surface area contributed by atoms with E-state index >= 15 is 0 Å². The van der Waals surface area contributed by atoms with Crippen molar-refractivity contribution in [3.8, 4) is 0 Å². The first-order valence-electron chi connectivity index (χ1n) is 21.0. The second-order valence-corrected chi connectivity index (χ2v) is 23.2. The molecular formula is C44H55F3N6O11SSi. The van der Waals surface area contributed by atoms with E-state index in [1.165, 1.54) is 41.5 Å². The van der Waals surface area contributed by atoms with Gasteiger partial charge in [-0.1, -0.05) is 106 Å². The summed E-state index contributed by atoms with van der Waals surface area (Å²) >= 11 is 0. The molecule has 0 bridgehead atoms. The number of amides is 1. The Kier molecular flexibility index (Phi) is 16.7. The number of nitrogens with one attached hydrogen (secondary N) is 1. The molecule has 0 saturated carbocycles. The lowest BCUT2D eigenvalue weighted by Crippen LogP contribution is -2.49. The maximum absolute atomic E-state index is 14.7. The lowest BCUT2D eigenvalue weighted by molar-refractivity contribution is -0.248. The van der Waals surface area contributed by atoms with Crippen LogP contribution >= 0.6 is 0 Å². The number of nitrogens with two attached hydrogens (primary N) is 1. The number of ether oxygens (including phenoxy) is 5. The van der Waals surface area contributed by atoms with E-state index in [2.05, 4.69) is 15.0 Å². The number of carbonyl (C=O) groups excluding carboxylic acids is 1. The van der Waals surface area contributed by atoms with Gasteiger partial charge in [-0.15, -0.1) is 0 Å². The number of carbonyl (C=O) groups is 1. The number of alkyl halides is 3. The average molecular weight is 961 g/mol. The van der Waals surface area contributed by atoms with Crippen molar-refractivity contribution in [1.82, 2.24) is 24.2 Å². The summed E-state index contributed by atoms with van der Waals surface area (Å²) < 4.78 is 114. The van der Waals surface area contributed by atoms with Gasteiger partial charge in [-0.05, 0) is 46.8 Å². The number of anilines is 1. The van der Waals surface area contributed by atoms with Crippen LogP contribution in [0.2, 0.25) is 18.1 Å². The van der Waals surface area contributed by atoms with Crippen molar-refractivity contribution >= 4 is 41.5 Å². The molecule has 22 heteroatoms. The van der Waals surface area contributed by atoms with Crippen LogP contribution in [-0.2, 0) is 60.6 Å². The number of nitrogens with zero attached hydrogens (tertiary/aromatic N) is 4. The minimum atomic E-state index is -4.90. The predicted octanol–water partition coefficient (Wildman–Crippen LogP) is 6.94. The molecule has 1 aliphatic heterocycles. The molecule has 1 aliphatic rings. The van der Waals surface area contributed by atoms with Crippen LogP contribution in [0.5, 0.6) is 0 Å². The molecule has 5 aromatic rings. The molecule has 0 spiro atoms. The first kappa shape index (κ1) is 50.5. The Hall–Kier alpha value is -4.88. The standard InChI is InChI=1S/C44H55F3N6O11SSi/c1-43(2,3)66(4,5)64-38-37(55)34(63-42(38)53-26-51-36-40(48)49-25-50-41(36)53)24-62-65(56,57)52-35(54)21-20-33(60-27-58-22-29-14-8-6-9-15-29)31-18-12-13-19-32(31)39(44(45,46)47)61-28-59-23-30-16-10-7-11-17-30/h6-19,25-26,33-34,37-39,42,55H,20-24,27-28H2,1-5H3,(H,52,54)(H2,48,49,50)/t33?,34-,37-,38-,39?,42-/m1/s1. The monoisotopic (exact) mass is 960 g/mol. The van der Waals surface area contributed by atoms with Crippen molar-refractivity contribution < 1.29 is 63.8 Å². The summed E-state index contributed by atoms with van der Waals surface area (Å²) in [5.41, 5.74) is 7.84. The molecule has 66 heavy (non-hydrogen) atoms. The molecule has 6 rings (SSSR count). The molecule has 2 aromatic heterocycles. The Morgan fingerprint density at radius 2 is 1.48 bits per heavy atom. The Morgan fingerprint density at radius 3 is 2.09 bits per heavy atom. The first-order chi connectivity index (χ1) is 31.2. The maximum atomic E-state index is 14.7. The van der Waals surface area contributed by atoms with E-state index in [9.17, 15) is 31.5 Å². The van der Waals surface area contributed by atoms with Crippen LogP contribution < -0.4 is 10.5 Å². The zero-order chi connectivity index (χ0) is 47.7. The van der Waals surface area contributed by atoms with Gasteiger partial charge in [0.05, 0.1) is 32.3 Å². The number of aromatic nitrogens is 4. The summed E-state index contributed by atoms with van der Waals surface area (Å²) in [6.07, 6.45) is -11.6. The Morgan fingerprint density at radius 1 is 0.894 bits per heavy atom. The third-order valence-corrected chi connectivity index (χ3v) is 16.7. The van der Waals surface area contributed by atoms with Gasteiger partial charge in [0.2, 0.25) is 5.91 Å². The van der Waals surface area contributed by atoms with Gasteiger partial charge in [-0.25, -0.2) is 19.7 Å². The molecule has 2 unspecified atom stereocenters. The normalized spacial score (nSPS) is 19.2. The molecule has 0 radical (unpaired) electrons.